The minimum atomic E-state index is -1.09. The molecule has 0 aromatic rings. The first-order chi connectivity index (χ1) is 11.1. The molecule has 0 radical (unpaired) electrons. The van der Waals surface area contributed by atoms with Gasteiger partial charge in [-0.2, -0.15) is 0 Å². The molecule has 0 aromatic heterocycles. The van der Waals surface area contributed by atoms with Crippen LogP contribution < -0.4 is 0 Å². The molecule has 0 rings (SSSR count). The lowest BCUT2D eigenvalue weighted by Crippen LogP contribution is -2.44. The van der Waals surface area contributed by atoms with Crippen LogP contribution in [0.5, 0.6) is 0 Å². The molecular formula is C18H34O5. The Kier molecular flexibility index (Phi) is 13.0. The quantitative estimate of drug-likeness (QED) is 0.196. The molecule has 0 saturated heterocycles. The first kappa shape index (κ1) is 22.1. The summed E-state index contributed by atoms with van der Waals surface area (Å²) in [6.45, 7) is 5.90. The molecule has 0 saturated carbocycles. The summed E-state index contributed by atoms with van der Waals surface area (Å²) in [5, 5.41) is 0. The third-order valence-corrected chi connectivity index (χ3v) is 4.14. The van der Waals surface area contributed by atoms with Gasteiger partial charge in [-0.3, -0.25) is 0 Å². The van der Waals surface area contributed by atoms with Crippen LogP contribution in [-0.4, -0.2) is 39.9 Å². The smallest absolute Gasteiger partial charge is 0.330 e. The van der Waals surface area contributed by atoms with Gasteiger partial charge < -0.3 is 18.9 Å². The zero-order valence-electron chi connectivity index (χ0n) is 15.3. The second kappa shape index (κ2) is 13.5. The van der Waals surface area contributed by atoms with E-state index in [2.05, 4.69) is 13.5 Å². The first-order valence-corrected chi connectivity index (χ1v) is 8.54. The van der Waals surface area contributed by atoms with Gasteiger partial charge in [0.15, 0.2) is 0 Å². The van der Waals surface area contributed by atoms with Crippen molar-refractivity contribution in [2.24, 2.45) is 5.92 Å². The molecule has 0 bridgehead atoms. The molecule has 0 heterocycles. The molecule has 5 heteroatoms. The molecule has 136 valence electrons. The third kappa shape index (κ3) is 8.49. The Morgan fingerprint density at radius 1 is 1.00 bits per heavy atom. The van der Waals surface area contributed by atoms with Crippen LogP contribution in [0, 0.1) is 5.92 Å². The number of rotatable bonds is 15. The highest BCUT2D eigenvalue weighted by atomic mass is 16.9. The number of hydrogen-bond acceptors (Lipinski definition) is 5. The van der Waals surface area contributed by atoms with E-state index in [9.17, 15) is 4.79 Å². The van der Waals surface area contributed by atoms with Crippen LogP contribution in [0.2, 0.25) is 0 Å². The van der Waals surface area contributed by atoms with Crippen molar-refractivity contribution in [1.82, 2.24) is 0 Å². The molecule has 0 fully saturated rings. The summed E-state index contributed by atoms with van der Waals surface area (Å²) in [7, 11) is 4.70. The maximum Gasteiger partial charge on any atom is 0.330 e. The fourth-order valence-corrected chi connectivity index (χ4v) is 2.78. The lowest BCUT2D eigenvalue weighted by Gasteiger charge is -2.36. The van der Waals surface area contributed by atoms with Crippen molar-refractivity contribution >= 4 is 5.97 Å². The number of ether oxygens (including phenoxy) is 4. The Morgan fingerprint density at radius 3 is 2.09 bits per heavy atom. The molecule has 0 N–H and O–H groups in total. The van der Waals surface area contributed by atoms with Crippen LogP contribution in [0.3, 0.4) is 0 Å². The predicted octanol–water partition coefficient (Wildman–Crippen LogP) is 4.07. The maximum atomic E-state index is 11.2. The van der Waals surface area contributed by atoms with E-state index < -0.39 is 11.9 Å². The Labute approximate surface area is 141 Å². The van der Waals surface area contributed by atoms with Crippen LogP contribution in [0.15, 0.2) is 12.7 Å². The number of esters is 1. The molecule has 0 aromatic carbocycles. The summed E-state index contributed by atoms with van der Waals surface area (Å²) in [5.41, 5.74) is 0. The lowest BCUT2D eigenvalue weighted by molar-refractivity contribution is -0.380. The number of hydrogen-bond donors (Lipinski definition) is 0. The van der Waals surface area contributed by atoms with Gasteiger partial charge in [-0.15, -0.1) is 0 Å². The van der Waals surface area contributed by atoms with Crippen LogP contribution in [0.1, 0.15) is 58.3 Å². The summed E-state index contributed by atoms with van der Waals surface area (Å²) in [4.78, 5) is 11.2. The van der Waals surface area contributed by atoms with Crippen LogP contribution in [0.4, 0.5) is 0 Å². The van der Waals surface area contributed by atoms with Crippen molar-refractivity contribution in [1.29, 1.82) is 0 Å². The van der Waals surface area contributed by atoms with E-state index in [1.807, 2.05) is 0 Å². The van der Waals surface area contributed by atoms with Gasteiger partial charge in [0.25, 0.3) is 5.97 Å². The fraction of sp³-hybridized carbons (Fsp3) is 0.833. The molecule has 5 nitrogen and oxygen atoms in total. The lowest BCUT2D eigenvalue weighted by atomic mass is 9.94. The normalized spacial score (nSPS) is 12.9. The van der Waals surface area contributed by atoms with E-state index in [1.54, 1.807) is 21.3 Å². The fourth-order valence-electron chi connectivity index (χ4n) is 2.78. The first-order valence-electron chi connectivity index (χ1n) is 8.54. The highest BCUT2D eigenvalue weighted by Gasteiger charge is 2.39. The molecule has 0 amide bonds. The van der Waals surface area contributed by atoms with Gasteiger partial charge in [0, 0.05) is 33.3 Å². The molecule has 1 atom stereocenters. The molecule has 23 heavy (non-hydrogen) atoms. The van der Waals surface area contributed by atoms with Crippen molar-refractivity contribution < 1.29 is 23.7 Å². The molecular weight excluding hydrogens is 296 g/mol. The number of methoxy groups -OCH3 is 3. The standard InChI is InChI=1S/C18H34O5/c1-6-8-9-10-11-12-13-16(14-15-23-17(19)7-2)18(20-3,21-4)22-5/h7,16H,2,6,8-15H2,1,3-5H3. The molecule has 0 aliphatic heterocycles. The van der Waals surface area contributed by atoms with Gasteiger partial charge in [0.05, 0.1) is 6.61 Å². The summed E-state index contributed by atoms with van der Waals surface area (Å²) in [6, 6.07) is 0. The summed E-state index contributed by atoms with van der Waals surface area (Å²) < 4.78 is 21.5. The van der Waals surface area contributed by atoms with Crippen molar-refractivity contribution in [2.45, 2.75) is 64.3 Å². The maximum absolute atomic E-state index is 11.2. The monoisotopic (exact) mass is 330 g/mol. The SMILES string of the molecule is C=CC(=O)OCCC(CCCCCCCC)C(OC)(OC)OC. The minimum Gasteiger partial charge on any atom is -0.463 e. The Morgan fingerprint density at radius 2 is 1.57 bits per heavy atom. The predicted molar refractivity (Wildman–Crippen MR) is 91.0 cm³/mol. The molecule has 0 aliphatic rings. The van der Waals surface area contributed by atoms with Gasteiger partial charge >= 0.3 is 5.97 Å². The van der Waals surface area contributed by atoms with E-state index in [0.717, 1.165) is 12.8 Å². The highest BCUT2D eigenvalue weighted by Crippen LogP contribution is 2.31. The second-order valence-electron chi connectivity index (χ2n) is 5.63. The van der Waals surface area contributed by atoms with Gasteiger partial charge in [0.1, 0.15) is 0 Å². The van der Waals surface area contributed by atoms with E-state index in [1.165, 1.54) is 38.2 Å². The average molecular weight is 330 g/mol. The number of unbranched alkanes of at least 4 members (excludes halogenated alkanes) is 5. The third-order valence-electron chi connectivity index (χ3n) is 4.14. The number of carbonyl (C=O) groups excluding carboxylic acids is 1. The van der Waals surface area contributed by atoms with Crippen molar-refractivity contribution in [3.8, 4) is 0 Å². The van der Waals surface area contributed by atoms with Crippen LogP contribution in [-0.2, 0) is 23.7 Å². The van der Waals surface area contributed by atoms with E-state index in [0.29, 0.717) is 13.0 Å². The molecule has 0 aliphatic carbocycles. The largest absolute Gasteiger partial charge is 0.463 e. The van der Waals surface area contributed by atoms with E-state index in [4.69, 9.17) is 18.9 Å². The highest BCUT2D eigenvalue weighted by molar-refractivity contribution is 5.81. The van der Waals surface area contributed by atoms with Gasteiger partial charge in [-0.05, 0) is 12.8 Å². The summed E-state index contributed by atoms with van der Waals surface area (Å²) >= 11 is 0. The van der Waals surface area contributed by atoms with Crippen LogP contribution in [0.25, 0.3) is 0 Å². The zero-order valence-corrected chi connectivity index (χ0v) is 15.3. The topological polar surface area (TPSA) is 54.0 Å². The minimum absolute atomic E-state index is 0.00806. The van der Waals surface area contributed by atoms with Gasteiger partial charge in [-0.25, -0.2) is 4.79 Å². The molecule has 1 unspecified atom stereocenters. The Balaban J connectivity index is 4.47. The van der Waals surface area contributed by atoms with Crippen molar-refractivity contribution in [3.05, 3.63) is 12.7 Å². The number of carbonyl (C=O) groups is 1. The van der Waals surface area contributed by atoms with Gasteiger partial charge in [0.2, 0.25) is 0 Å². The summed E-state index contributed by atoms with van der Waals surface area (Å²) in [5.74, 6) is -1.52. The van der Waals surface area contributed by atoms with Crippen molar-refractivity contribution in [2.75, 3.05) is 27.9 Å². The average Bonchev–Trinajstić information content (AvgIpc) is 2.58. The second-order valence-corrected chi connectivity index (χ2v) is 5.63. The van der Waals surface area contributed by atoms with E-state index in [-0.39, 0.29) is 5.92 Å². The Hall–Kier alpha value is -0.910. The Bertz CT molecular complexity index is 304. The van der Waals surface area contributed by atoms with E-state index >= 15 is 0 Å². The van der Waals surface area contributed by atoms with Crippen molar-refractivity contribution in [3.63, 3.8) is 0 Å². The molecule has 0 spiro atoms. The van der Waals surface area contributed by atoms with Gasteiger partial charge in [-0.1, -0.05) is 52.0 Å². The van der Waals surface area contributed by atoms with Crippen LogP contribution >= 0.6 is 0 Å². The summed E-state index contributed by atoms with van der Waals surface area (Å²) in [6.07, 6.45) is 9.98. The zero-order chi connectivity index (χ0) is 17.6.